The Kier molecular flexibility index (Phi) is 4.28. The molecule has 1 saturated heterocycles. The lowest BCUT2D eigenvalue weighted by molar-refractivity contribution is -0.121. The van der Waals surface area contributed by atoms with Crippen LogP contribution in [-0.4, -0.2) is 17.9 Å². The van der Waals surface area contributed by atoms with Crippen molar-refractivity contribution in [2.24, 2.45) is 0 Å². The van der Waals surface area contributed by atoms with Crippen LogP contribution in [0.15, 0.2) is 42.5 Å². The minimum Gasteiger partial charge on any atom is -0.373 e. The molecule has 1 fully saturated rings. The molecule has 1 atom stereocenters. The highest BCUT2D eigenvalue weighted by Gasteiger charge is 2.40. The van der Waals surface area contributed by atoms with E-state index in [0.29, 0.717) is 10.7 Å². The van der Waals surface area contributed by atoms with E-state index in [4.69, 9.17) is 23.2 Å². The fourth-order valence-corrected chi connectivity index (χ4v) is 3.09. The Morgan fingerprint density at radius 1 is 1.13 bits per heavy atom. The van der Waals surface area contributed by atoms with Crippen molar-refractivity contribution in [3.8, 4) is 0 Å². The average Bonchev–Trinajstić information content (AvgIpc) is 2.74. The van der Waals surface area contributed by atoms with Gasteiger partial charge in [0.2, 0.25) is 5.91 Å². The molecule has 2 amide bonds. The number of benzene rings is 2. The zero-order valence-electron chi connectivity index (χ0n) is 12.3. The first-order valence-corrected chi connectivity index (χ1v) is 7.86. The number of hydrogen-bond donors (Lipinski definition) is 1. The number of carbonyl (C=O) groups is 2. The van der Waals surface area contributed by atoms with Gasteiger partial charge < -0.3 is 5.32 Å². The maximum atomic E-state index is 12.6. The molecule has 0 unspecified atom stereocenters. The number of nitrogens with one attached hydrogen (secondary N) is 1. The van der Waals surface area contributed by atoms with Crippen LogP contribution in [0.1, 0.15) is 12.0 Å². The highest BCUT2D eigenvalue weighted by molar-refractivity contribution is 6.38. The summed E-state index contributed by atoms with van der Waals surface area (Å²) in [5, 5.41) is 3.84. The van der Waals surface area contributed by atoms with Gasteiger partial charge in [0.05, 0.1) is 17.1 Å². The summed E-state index contributed by atoms with van der Waals surface area (Å²) in [6.45, 7) is 1.96. The summed E-state index contributed by atoms with van der Waals surface area (Å²) in [7, 11) is 0. The van der Waals surface area contributed by atoms with Crippen molar-refractivity contribution < 1.29 is 9.59 Å². The zero-order valence-corrected chi connectivity index (χ0v) is 13.9. The van der Waals surface area contributed by atoms with Crippen LogP contribution in [0.5, 0.6) is 0 Å². The van der Waals surface area contributed by atoms with Gasteiger partial charge in [-0.15, -0.1) is 0 Å². The van der Waals surface area contributed by atoms with Gasteiger partial charge in [-0.3, -0.25) is 9.59 Å². The van der Waals surface area contributed by atoms with Gasteiger partial charge in [0.15, 0.2) is 0 Å². The summed E-state index contributed by atoms with van der Waals surface area (Å²) in [6, 6.07) is 11.7. The second-order valence-electron chi connectivity index (χ2n) is 5.43. The Morgan fingerprint density at radius 2 is 1.91 bits per heavy atom. The summed E-state index contributed by atoms with van der Waals surface area (Å²) in [5.41, 5.74) is 2.24. The Morgan fingerprint density at radius 3 is 2.61 bits per heavy atom. The van der Waals surface area contributed by atoms with Gasteiger partial charge in [-0.2, -0.15) is 0 Å². The van der Waals surface area contributed by atoms with Gasteiger partial charge in [-0.05, 0) is 42.8 Å². The van der Waals surface area contributed by atoms with Crippen LogP contribution in [0.4, 0.5) is 11.4 Å². The Hall–Kier alpha value is -2.04. The maximum Gasteiger partial charge on any atom is 0.256 e. The predicted molar refractivity (Wildman–Crippen MR) is 92.2 cm³/mol. The van der Waals surface area contributed by atoms with Gasteiger partial charge in [0.25, 0.3) is 5.91 Å². The van der Waals surface area contributed by atoms with Crippen LogP contribution in [0.3, 0.4) is 0 Å². The van der Waals surface area contributed by atoms with Crippen molar-refractivity contribution in [1.82, 2.24) is 0 Å². The van der Waals surface area contributed by atoms with E-state index in [1.54, 1.807) is 12.1 Å². The lowest BCUT2D eigenvalue weighted by Crippen LogP contribution is -2.35. The standard InChI is InChI=1S/C17H14Cl2N2O2/c1-10-3-2-4-12(7-10)20-14-9-16(22)21(17(14)23)15-6-5-11(18)8-13(15)19/h2-8,14,20H,9H2,1H3/t14-/m0/s1. The van der Waals surface area contributed by atoms with Crippen LogP contribution in [0.2, 0.25) is 10.0 Å². The van der Waals surface area contributed by atoms with Crippen LogP contribution in [-0.2, 0) is 9.59 Å². The average molecular weight is 349 g/mol. The lowest BCUT2D eigenvalue weighted by atomic mass is 10.2. The Labute approximate surface area is 144 Å². The van der Waals surface area contributed by atoms with E-state index in [1.165, 1.54) is 6.07 Å². The first-order chi connectivity index (χ1) is 11.0. The minimum absolute atomic E-state index is 0.0890. The smallest absolute Gasteiger partial charge is 0.256 e. The van der Waals surface area contributed by atoms with E-state index in [1.807, 2.05) is 31.2 Å². The Balaban J connectivity index is 1.85. The van der Waals surface area contributed by atoms with Gasteiger partial charge in [0, 0.05) is 10.7 Å². The number of rotatable bonds is 3. The van der Waals surface area contributed by atoms with Crippen LogP contribution < -0.4 is 10.2 Å². The first-order valence-electron chi connectivity index (χ1n) is 7.11. The maximum absolute atomic E-state index is 12.6. The number of imide groups is 1. The fourth-order valence-electron chi connectivity index (χ4n) is 2.60. The number of amides is 2. The van der Waals surface area contributed by atoms with E-state index in [2.05, 4.69) is 5.32 Å². The van der Waals surface area contributed by atoms with E-state index in [0.717, 1.165) is 16.2 Å². The van der Waals surface area contributed by atoms with Gasteiger partial charge >= 0.3 is 0 Å². The minimum atomic E-state index is -0.601. The third kappa shape index (κ3) is 3.19. The van der Waals surface area contributed by atoms with E-state index >= 15 is 0 Å². The third-order valence-electron chi connectivity index (χ3n) is 3.66. The third-order valence-corrected chi connectivity index (χ3v) is 4.19. The largest absolute Gasteiger partial charge is 0.373 e. The molecule has 1 aliphatic heterocycles. The fraction of sp³-hybridized carbons (Fsp3) is 0.176. The van der Waals surface area contributed by atoms with Gasteiger partial charge in [-0.25, -0.2) is 4.90 Å². The highest BCUT2D eigenvalue weighted by Crippen LogP contribution is 2.33. The molecular weight excluding hydrogens is 335 g/mol. The molecule has 0 bridgehead atoms. The van der Waals surface area contributed by atoms with Crippen LogP contribution in [0, 0.1) is 6.92 Å². The normalized spacial score (nSPS) is 17.7. The molecular formula is C17H14Cl2N2O2. The molecule has 2 aromatic carbocycles. The first kappa shape index (κ1) is 15.8. The molecule has 3 rings (SSSR count). The van der Waals surface area contributed by atoms with Gasteiger partial charge in [0.1, 0.15) is 6.04 Å². The molecule has 23 heavy (non-hydrogen) atoms. The summed E-state index contributed by atoms with van der Waals surface area (Å²) in [5.74, 6) is -0.606. The summed E-state index contributed by atoms with van der Waals surface area (Å²) in [6.07, 6.45) is 0.0890. The molecule has 0 radical (unpaired) electrons. The SMILES string of the molecule is Cc1cccc(N[C@H]2CC(=O)N(c3ccc(Cl)cc3Cl)C2=O)c1. The molecule has 0 aliphatic carbocycles. The molecule has 2 aromatic rings. The van der Waals surface area contributed by atoms with Crippen molar-refractivity contribution in [1.29, 1.82) is 0 Å². The number of nitrogens with zero attached hydrogens (tertiary/aromatic N) is 1. The summed E-state index contributed by atoms with van der Waals surface area (Å²) >= 11 is 12.0. The molecule has 1 N–H and O–H groups in total. The van der Waals surface area contributed by atoms with Crippen molar-refractivity contribution >= 4 is 46.4 Å². The monoisotopic (exact) mass is 348 g/mol. The lowest BCUT2D eigenvalue weighted by Gasteiger charge is -2.17. The van der Waals surface area contributed by atoms with Crippen molar-refractivity contribution in [3.05, 3.63) is 58.1 Å². The van der Waals surface area contributed by atoms with Crippen molar-refractivity contribution in [2.75, 3.05) is 10.2 Å². The highest BCUT2D eigenvalue weighted by atomic mass is 35.5. The summed E-state index contributed by atoms with van der Waals surface area (Å²) in [4.78, 5) is 26.0. The van der Waals surface area contributed by atoms with Crippen molar-refractivity contribution in [2.45, 2.75) is 19.4 Å². The van der Waals surface area contributed by atoms with E-state index in [-0.39, 0.29) is 23.3 Å². The van der Waals surface area contributed by atoms with E-state index < -0.39 is 6.04 Å². The number of carbonyl (C=O) groups excluding carboxylic acids is 2. The van der Waals surface area contributed by atoms with Crippen molar-refractivity contribution in [3.63, 3.8) is 0 Å². The van der Waals surface area contributed by atoms with Crippen LogP contribution >= 0.6 is 23.2 Å². The van der Waals surface area contributed by atoms with E-state index in [9.17, 15) is 9.59 Å². The molecule has 1 heterocycles. The number of hydrogen-bond acceptors (Lipinski definition) is 3. The number of halogens is 2. The number of aryl methyl sites for hydroxylation is 1. The zero-order chi connectivity index (χ0) is 16.6. The van der Waals surface area contributed by atoms with Gasteiger partial charge in [-0.1, -0.05) is 35.3 Å². The second kappa shape index (κ2) is 6.22. The molecule has 6 heteroatoms. The predicted octanol–water partition coefficient (Wildman–Crippen LogP) is 4.05. The molecule has 0 spiro atoms. The molecule has 0 aromatic heterocycles. The topological polar surface area (TPSA) is 49.4 Å². The molecule has 0 saturated carbocycles. The second-order valence-corrected chi connectivity index (χ2v) is 6.28. The quantitative estimate of drug-likeness (QED) is 0.851. The number of anilines is 2. The molecule has 118 valence electrons. The van der Waals surface area contributed by atoms with Crippen LogP contribution in [0.25, 0.3) is 0 Å². The molecule has 1 aliphatic rings. The Bertz CT molecular complexity index is 792. The molecule has 4 nitrogen and oxygen atoms in total. The summed E-state index contributed by atoms with van der Waals surface area (Å²) < 4.78 is 0.